The molecule has 27 heavy (non-hydrogen) atoms. The molecule has 0 saturated carbocycles. The van der Waals surface area contributed by atoms with Crippen molar-refractivity contribution in [3.63, 3.8) is 0 Å². The zero-order chi connectivity index (χ0) is 20.0. The molecule has 0 heterocycles. The molecule has 0 spiro atoms. The summed E-state index contributed by atoms with van der Waals surface area (Å²) in [5, 5.41) is 9.89. The molecule has 1 aromatic carbocycles. The lowest BCUT2D eigenvalue weighted by Crippen LogP contribution is -2.35. The topological polar surface area (TPSA) is 63.6 Å². The van der Waals surface area contributed by atoms with Gasteiger partial charge in [-0.3, -0.25) is 9.59 Å². The summed E-state index contributed by atoms with van der Waals surface area (Å²) in [5.41, 5.74) is 3.13. The van der Waals surface area contributed by atoms with Gasteiger partial charge in [-0.05, 0) is 42.4 Å². The lowest BCUT2D eigenvalue weighted by atomic mass is 9.71. The van der Waals surface area contributed by atoms with E-state index in [0.29, 0.717) is 12.0 Å². The largest absolute Gasteiger partial charge is 0.461 e. The number of allylic oxidation sites excluding steroid dienone is 4. The van der Waals surface area contributed by atoms with Gasteiger partial charge in [0.25, 0.3) is 0 Å². The minimum Gasteiger partial charge on any atom is -0.461 e. The van der Waals surface area contributed by atoms with E-state index in [1.165, 1.54) is 0 Å². The number of carbonyl (C=O) groups is 2. The first kappa shape index (κ1) is 20.8. The normalized spacial score (nSPS) is 20.3. The van der Waals surface area contributed by atoms with Crippen LogP contribution in [0.15, 0.2) is 65.3 Å². The number of esters is 1. The average Bonchev–Trinajstić information content (AvgIpc) is 2.63. The third-order valence-electron chi connectivity index (χ3n) is 4.86. The Hall–Kier alpha value is -2.46. The van der Waals surface area contributed by atoms with E-state index in [-0.39, 0.29) is 30.2 Å². The number of ether oxygens (including phenoxy) is 1. The van der Waals surface area contributed by atoms with Gasteiger partial charge in [0.2, 0.25) is 0 Å². The Morgan fingerprint density at radius 2 is 1.96 bits per heavy atom. The standard InChI is InChI=1S/C23H28O4/c1-16(11-13-21(25)27-15-18-8-6-5-7-9-18)10-12-19-17(2)22(26)20(24)14-23(19,3)4/h5-12,20,24H,13-15H2,1-4H3/b12-10+,16-11+. The first-order valence-electron chi connectivity index (χ1n) is 9.19. The zero-order valence-electron chi connectivity index (χ0n) is 16.5. The van der Waals surface area contributed by atoms with Crippen LogP contribution >= 0.6 is 0 Å². The second-order valence-electron chi connectivity index (χ2n) is 7.64. The fourth-order valence-corrected chi connectivity index (χ4v) is 3.25. The Balaban J connectivity index is 1.96. The molecule has 0 fully saturated rings. The van der Waals surface area contributed by atoms with E-state index in [0.717, 1.165) is 16.7 Å². The van der Waals surface area contributed by atoms with Crippen LogP contribution in [0.4, 0.5) is 0 Å². The first-order valence-corrected chi connectivity index (χ1v) is 9.19. The van der Waals surface area contributed by atoms with Crippen LogP contribution < -0.4 is 0 Å². The Kier molecular flexibility index (Phi) is 6.92. The fourth-order valence-electron chi connectivity index (χ4n) is 3.25. The van der Waals surface area contributed by atoms with E-state index in [2.05, 4.69) is 0 Å². The number of aliphatic hydroxyl groups excluding tert-OH is 1. The molecule has 0 bridgehead atoms. The van der Waals surface area contributed by atoms with E-state index in [4.69, 9.17) is 4.74 Å². The van der Waals surface area contributed by atoms with Crippen molar-refractivity contribution in [3.8, 4) is 0 Å². The van der Waals surface area contributed by atoms with Crippen LogP contribution in [0.5, 0.6) is 0 Å². The third-order valence-corrected chi connectivity index (χ3v) is 4.86. The van der Waals surface area contributed by atoms with Gasteiger partial charge in [-0.15, -0.1) is 0 Å². The summed E-state index contributed by atoms with van der Waals surface area (Å²) in [4.78, 5) is 23.9. The number of benzene rings is 1. The molecule has 4 nitrogen and oxygen atoms in total. The highest BCUT2D eigenvalue weighted by Gasteiger charge is 2.36. The van der Waals surface area contributed by atoms with Crippen molar-refractivity contribution >= 4 is 11.8 Å². The van der Waals surface area contributed by atoms with Gasteiger partial charge in [0.15, 0.2) is 5.78 Å². The van der Waals surface area contributed by atoms with Crippen molar-refractivity contribution in [1.82, 2.24) is 0 Å². The molecule has 1 atom stereocenters. The highest BCUT2D eigenvalue weighted by molar-refractivity contribution is 6.00. The van der Waals surface area contributed by atoms with Gasteiger partial charge >= 0.3 is 5.97 Å². The van der Waals surface area contributed by atoms with Gasteiger partial charge in [-0.2, -0.15) is 0 Å². The second-order valence-corrected chi connectivity index (χ2v) is 7.64. The fraction of sp³-hybridized carbons (Fsp3) is 0.391. The summed E-state index contributed by atoms with van der Waals surface area (Å²) in [5.74, 6) is -0.488. The molecule has 0 aromatic heterocycles. The molecule has 0 saturated heterocycles. The van der Waals surface area contributed by atoms with Crippen LogP contribution in [0.3, 0.4) is 0 Å². The van der Waals surface area contributed by atoms with Gasteiger partial charge in [-0.1, -0.05) is 68.0 Å². The Morgan fingerprint density at radius 3 is 2.63 bits per heavy atom. The molecule has 1 aliphatic rings. The summed E-state index contributed by atoms with van der Waals surface area (Å²) in [6.07, 6.45) is 5.32. The maximum Gasteiger partial charge on any atom is 0.309 e. The first-order chi connectivity index (χ1) is 12.7. The molecule has 0 amide bonds. The number of rotatable bonds is 6. The minimum absolute atomic E-state index is 0.197. The summed E-state index contributed by atoms with van der Waals surface area (Å²) in [6, 6.07) is 9.56. The summed E-state index contributed by atoms with van der Waals surface area (Å²) in [6.45, 7) is 7.97. The average molecular weight is 368 g/mol. The van der Waals surface area contributed by atoms with Gasteiger partial charge in [-0.25, -0.2) is 0 Å². The van der Waals surface area contributed by atoms with Gasteiger partial charge in [0.05, 0.1) is 6.42 Å². The molecule has 1 unspecified atom stereocenters. The number of ketones is 1. The molecule has 1 N–H and O–H groups in total. The Bertz CT molecular complexity index is 782. The molecule has 2 rings (SSSR count). The number of aliphatic hydroxyl groups is 1. The minimum atomic E-state index is -0.923. The number of hydrogen-bond acceptors (Lipinski definition) is 4. The molecule has 0 aliphatic heterocycles. The number of Topliss-reactive ketones (excluding diaryl/α,β-unsaturated/α-hetero) is 1. The number of carbonyl (C=O) groups excluding carboxylic acids is 2. The summed E-state index contributed by atoms with van der Waals surface area (Å²) in [7, 11) is 0. The van der Waals surface area contributed by atoms with Gasteiger partial charge in [0, 0.05) is 0 Å². The lowest BCUT2D eigenvalue weighted by Gasteiger charge is -2.34. The monoisotopic (exact) mass is 368 g/mol. The quantitative estimate of drug-likeness (QED) is 0.601. The molecule has 0 radical (unpaired) electrons. The van der Waals surface area contributed by atoms with Crippen LogP contribution in [0.25, 0.3) is 0 Å². The predicted octanol–water partition coefficient (Wildman–Crippen LogP) is 4.30. The SMILES string of the molecule is CC1=C(/C=C/C(C)=C/CC(=O)OCc2ccccc2)C(C)(C)CC(O)C1=O. The zero-order valence-corrected chi connectivity index (χ0v) is 16.5. The van der Waals surface area contributed by atoms with Crippen LogP contribution in [-0.4, -0.2) is 23.0 Å². The van der Waals surface area contributed by atoms with Crippen molar-refractivity contribution < 1.29 is 19.4 Å². The maximum atomic E-state index is 12.1. The third kappa shape index (κ3) is 5.76. The van der Waals surface area contributed by atoms with Crippen LogP contribution in [0, 0.1) is 5.41 Å². The smallest absolute Gasteiger partial charge is 0.309 e. The van der Waals surface area contributed by atoms with Crippen LogP contribution in [0.1, 0.15) is 46.1 Å². The van der Waals surface area contributed by atoms with Crippen molar-refractivity contribution in [1.29, 1.82) is 0 Å². The van der Waals surface area contributed by atoms with Crippen LogP contribution in [0.2, 0.25) is 0 Å². The summed E-state index contributed by atoms with van der Waals surface area (Å²) >= 11 is 0. The van der Waals surface area contributed by atoms with E-state index >= 15 is 0 Å². The number of hydrogen-bond donors (Lipinski definition) is 1. The molecule has 1 aromatic rings. The Morgan fingerprint density at radius 1 is 1.30 bits per heavy atom. The van der Waals surface area contributed by atoms with Crippen LogP contribution in [-0.2, 0) is 20.9 Å². The van der Waals surface area contributed by atoms with Crippen molar-refractivity contribution in [2.75, 3.05) is 0 Å². The summed E-state index contributed by atoms with van der Waals surface area (Å²) < 4.78 is 5.26. The maximum absolute atomic E-state index is 12.1. The molecular formula is C23H28O4. The van der Waals surface area contributed by atoms with Crippen molar-refractivity contribution in [2.45, 2.75) is 53.2 Å². The van der Waals surface area contributed by atoms with E-state index in [1.54, 1.807) is 6.92 Å². The molecule has 1 aliphatic carbocycles. The lowest BCUT2D eigenvalue weighted by molar-refractivity contribution is -0.143. The predicted molar refractivity (Wildman–Crippen MR) is 106 cm³/mol. The van der Waals surface area contributed by atoms with Gasteiger partial charge < -0.3 is 9.84 Å². The van der Waals surface area contributed by atoms with E-state index < -0.39 is 6.10 Å². The molecular weight excluding hydrogens is 340 g/mol. The van der Waals surface area contributed by atoms with E-state index in [9.17, 15) is 14.7 Å². The molecule has 4 heteroatoms. The second kappa shape index (κ2) is 8.96. The van der Waals surface area contributed by atoms with Crippen molar-refractivity contribution in [3.05, 3.63) is 70.8 Å². The van der Waals surface area contributed by atoms with E-state index in [1.807, 2.05) is 69.3 Å². The van der Waals surface area contributed by atoms with Gasteiger partial charge in [0.1, 0.15) is 12.7 Å². The highest BCUT2D eigenvalue weighted by Crippen LogP contribution is 2.39. The van der Waals surface area contributed by atoms with Crippen molar-refractivity contribution in [2.24, 2.45) is 5.41 Å². The highest BCUT2D eigenvalue weighted by atomic mass is 16.5. The Labute approximate surface area is 161 Å². The molecule has 144 valence electrons.